The summed E-state index contributed by atoms with van der Waals surface area (Å²) in [6.45, 7) is 4.39. The number of halogens is 3. The molecule has 4 rings (SSSR count). The summed E-state index contributed by atoms with van der Waals surface area (Å²) in [6.07, 6.45) is 4.54. The van der Waals surface area contributed by atoms with E-state index in [2.05, 4.69) is 43.2 Å². The third kappa shape index (κ3) is 5.68. The molecule has 3 N–H and O–H groups in total. The summed E-state index contributed by atoms with van der Waals surface area (Å²) in [5.74, 6) is 1.03. The smallest absolute Gasteiger partial charge is 0.146 e. The van der Waals surface area contributed by atoms with Crippen LogP contribution >= 0.6 is 51.6 Å². The van der Waals surface area contributed by atoms with Gasteiger partial charge in [0.05, 0.1) is 26.9 Å². The zero-order valence-corrected chi connectivity index (χ0v) is 24.0. The van der Waals surface area contributed by atoms with E-state index in [0.29, 0.717) is 63.3 Å². The Morgan fingerprint density at radius 1 is 1.31 bits per heavy atom. The van der Waals surface area contributed by atoms with Crippen molar-refractivity contribution in [1.29, 1.82) is 10.7 Å². The Morgan fingerprint density at radius 3 is 2.61 bits per heavy atom. The standard InChI is InChI=1S/C24H22Cl2IN6O2P/c1-13(21-18(25)9-30-10-19(21)26)35-16-3-4-20(32-36-27)17(6-16)22(29)15-5-14(7-28)23(31-8-15)33-11-24(2,34)12-33/h3-6,8-10,13,29,32,34,36H,11-12H2,1-2H3/t13-/m1/s1. The summed E-state index contributed by atoms with van der Waals surface area (Å²) in [4.78, 5) is 10.3. The number of benzene rings is 1. The highest BCUT2D eigenvalue weighted by Gasteiger charge is 2.38. The molecule has 0 aliphatic carbocycles. The van der Waals surface area contributed by atoms with E-state index >= 15 is 0 Å². The summed E-state index contributed by atoms with van der Waals surface area (Å²) in [5.41, 5.74) is 2.23. The Bertz CT molecular complexity index is 1340. The average molecular weight is 655 g/mol. The molecule has 2 aromatic heterocycles. The number of pyridine rings is 2. The van der Waals surface area contributed by atoms with Gasteiger partial charge in [-0.2, -0.15) is 5.26 Å². The first-order valence-corrected chi connectivity index (χ1v) is 15.7. The van der Waals surface area contributed by atoms with Gasteiger partial charge in [0.25, 0.3) is 0 Å². The fourth-order valence-corrected chi connectivity index (χ4v) is 5.91. The largest absolute Gasteiger partial charge is 0.486 e. The van der Waals surface area contributed by atoms with Gasteiger partial charge in [-0.15, -0.1) is 0 Å². The van der Waals surface area contributed by atoms with Gasteiger partial charge in [-0.3, -0.25) is 10.4 Å². The second-order valence-electron chi connectivity index (χ2n) is 8.64. The number of aliphatic hydroxyl groups is 1. The lowest BCUT2D eigenvalue weighted by molar-refractivity contribution is 0.0305. The van der Waals surface area contributed by atoms with Gasteiger partial charge in [-0.1, -0.05) is 23.2 Å². The summed E-state index contributed by atoms with van der Waals surface area (Å²) in [6, 6.07) is 9.26. The molecule has 1 aliphatic heterocycles. The Hall–Kier alpha value is -2.22. The third-order valence-electron chi connectivity index (χ3n) is 5.69. The fourth-order valence-electron chi connectivity index (χ4n) is 4.05. The van der Waals surface area contributed by atoms with Crippen molar-refractivity contribution in [3.05, 3.63) is 75.2 Å². The Kier molecular flexibility index (Phi) is 8.22. The van der Waals surface area contributed by atoms with Crippen molar-refractivity contribution in [2.24, 2.45) is 0 Å². The molecule has 3 heterocycles. The molecule has 1 fully saturated rings. The van der Waals surface area contributed by atoms with Crippen LogP contribution in [-0.4, -0.2) is 39.5 Å². The van der Waals surface area contributed by atoms with E-state index in [9.17, 15) is 10.4 Å². The minimum Gasteiger partial charge on any atom is -0.486 e. The average Bonchev–Trinajstić information content (AvgIpc) is 2.82. The van der Waals surface area contributed by atoms with Crippen molar-refractivity contribution in [2.45, 2.75) is 25.6 Å². The van der Waals surface area contributed by atoms with Gasteiger partial charge < -0.3 is 19.8 Å². The molecule has 0 bridgehead atoms. The van der Waals surface area contributed by atoms with Crippen LogP contribution < -0.4 is 14.7 Å². The molecule has 2 atom stereocenters. The molecule has 36 heavy (non-hydrogen) atoms. The van der Waals surface area contributed by atoms with E-state index in [1.54, 1.807) is 25.3 Å². The normalized spacial score (nSPS) is 15.3. The predicted octanol–water partition coefficient (Wildman–Crippen LogP) is 6.14. The summed E-state index contributed by atoms with van der Waals surface area (Å²) < 4.78 is 6.14. The van der Waals surface area contributed by atoms with E-state index in [-0.39, 0.29) is 5.71 Å². The van der Waals surface area contributed by atoms with E-state index < -0.39 is 11.7 Å². The molecule has 3 aromatic rings. The molecule has 0 radical (unpaired) electrons. The van der Waals surface area contributed by atoms with Crippen molar-refractivity contribution in [3.63, 3.8) is 0 Å². The maximum atomic E-state index is 10.0. The minimum atomic E-state index is -0.789. The first-order valence-electron chi connectivity index (χ1n) is 10.8. The molecular formula is C24H22Cl2IN6O2P. The van der Waals surface area contributed by atoms with Crippen molar-refractivity contribution >= 4 is 68.8 Å². The predicted molar refractivity (Wildman–Crippen MR) is 153 cm³/mol. The molecule has 1 unspecified atom stereocenters. The number of nitrogens with zero attached hydrogens (tertiary/aromatic N) is 4. The van der Waals surface area contributed by atoms with Crippen LogP contribution in [0.1, 0.15) is 42.2 Å². The van der Waals surface area contributed by atoms with Gasteiger partial charge in [0.1, 0.15) is 23.7 Å². The number of ether oxygens (including phenoxy) is 1. The number of rotatable bonds is 8. The maximum absolute atomic E-state index is 10.0. The van der Waals surface area contributed by atoms with Gasteiger partial charge >= 0.3 is 0 Å². The zero-order valence-electron chi connectivity index (χ0n) is 19.3. The van der Waals surface area contributed by atoms with Gasteiger partial charge in [-0.05, 0) is 60.2 Å². The third-order valence-corrected chi connectivity index (χ3v) is 7.47. The topological polar surface area (TPSA) is 118 Å². The van der Waals surface area contributed by atoms with Crippen LogP contribution in [0.25, 0.3) is 0 Å². The van der Waals surface area contributed by atoms with Gasteiger partial charge in [0, 0.05) is 60.4 Å². The van der Waals surface area contributed by atoms with Crippen molar-refractivity contribution in [1.82, 2.24) is 9.97 Å². The number of anilines is 2. The lowest BCUT2D eigenvalue weighted by Gasteiger charge is -2.45. The molecule has 0 saturated carbocycles. The van der Waals surface area contributed by atoms with E-state index in [1.807, 2.05) is 24.0 Å². The van der Waals surface area contributed by atoms with Crippen LogP contribution in [0.15, 0.2) is 42.9 Å². The van der Waals surface area contributed by atoms with Crippen LogP contribution in [0.5, 0.6) is 5.75 Å². The first-order chi connectivity index (χ1) is 17.1. The molecular weight excluding hydrogens is 633 g/mol. The first kappa shape index (κ1) is 26.8. The number of aromatic nitrogens is 2. The maximum Gasteiger partial charge on any atom is 0.146 e. The fraction of sp³-hybridized carbons (Fsp3) is 0.250. The number of β-amino-alcohol motifs (C(OH)–C–C–N with tert-alkyl or cyclic N) is 1. The number of hydrogen-bond acceptors (Lipinski definition) is 8. The second-order valence-corrected chi connectivity index (χ2v) is 11.5. The SMILES string of the molecule is C[C@@H](Oc1ccc(NPI)c(C(=N)c2cnc(N3CC(C)(O)C3)c(C#N)c2)c1)c1c(Cl)cncc1Cl. The molecule has 0 spiro atoms. The Labute approximate surface area is 233 Å². The van der Waals surface area contributed by atoms with Crippen molar-refractivity contribution in [3.8, 4) is 11.8 Å². The molecule has 12 heteroatoms. The molecule has 1 aliphatic rings. The molecule has 0 amide bonds. The molecule has 186 valence electrons. The summed E-state index contributed by atoms with van der Waals surface area (Å²) >= 11 is 14.8. The van der Waals surface area contributed by atoms with Gasteiger partial charge in [0.2, 0.25) is 0 Å². The van der Waals surface area contributed by atoms with E-state index in [4.69, 9.17) is 33.3 Å². The summed E-state index contributed by atoms with van der Waals surface area (Å²) in [7, 11) is 0. The Morgan fingerprint density at radius 2 is 2.00 bits per heavy atom. The van der Waals surface area contributed by atoms with Gasteiger partial charge in [0.15, 0.2) is 0 Å². The number of nitrogens with one attached hydrogen (secondary N) is 2. The van der Waals surface area contributed by atoms with Crippen LogP contribution in [-0.2, 0) is 0 Å². The zero-order chi connectivity index (χ0) is 26.0. The van der Waals surface area contributed by atoms with Crippen LogP contribution in [0.2, 0.25) is 10.0 Å². The highest BCUT2D eigenvalue weighted by Crippen LogP contribution is 2.36. The highest BCUT2D eigenvalue weighted by molar-refractivity contribution is 14.2. The second kappa shape index (κ2) is 11.0. The van der Waals surface area contributed by atoms with Crippen molar-refractivity contribution < 1.29 is 9.84 Å². The quantitative estimate of drug-likeness (QED) is 0.152. The molecule has 1 aromatic carbocycles. The summed E-state index contributed by atoms with van der Waals surface area (Å²) in [5, 5.41) is 32.8. The lowest BCUT2D eigenvalue weighted by Crippen LogP contribution is -2.60. The van der Waals surface area contributed by atoms with E-state index in [0.717, 1.165) is 5.69 Å². The minimum absolute atomic E-state index is 0.191. The lowest BCUT2D eigenvalue weighted by atomic mass is 9.95. The molecule has 1 saturated heterocycles. The number of hydrogen-bond donors (Lipinski definition) is 3. The highest BCUT2D eigenvalue weighted by atomic mass is 127. The van der Waals surface area contributed by atoms with Crippen molar-refractivity contribution in [2.75, 3.05) is 23.1 Å². The van der Waals surface area contributed by atoms with Crippen LogP contribution in [0, 0.1) is 16.7 Å². The van der Waals surface area contributed by atoms with Crippen LogP contribution in [0.4, 0.5) is 11.5 Å². The van der Waals surface area contributed by atoms with Crippen LogP contribution in [0.3, 0.4) is 0 Å². The monoisotopic (exact) mass is 654 g/mol. The van der Waals surface area contributed by atoms with Gasteiger partial charge in [-0.25, -0.2) is 4.98 Å². The molecule has 8 nitrogen and oxygen atoms in total. The number of nitriles is 1. The Balaban J connectivity index is 1.64. The van der Waals surface area contributed by atoms with E-state index in [1.165, 1.54) is 12.4 Å².